The van der Waals surface area contributed by atoms with Crippen LogP contribution in [0, 0.1) is 0 Å². The molecule has 12 heteroatoms. The third-order valence-corrected chi connectivity index (χ3v) is 23.7. The largest absolute Gasteiger partial charge is 0.309 e. The molecule has 0 spiro atoms. The van der Waals surface area contributed by atoms with Gasteiger partial charge in [0.2, 0.25) is 0 Å². The Morgan fingerprint density at radius 2 is 0.355 bits per heavy atom. The molecule has 0 fully saturated rings. The predicted octanol–water partition coefficient (Wildman–Crippen LogP) is 27.6. The van der Waals surface area contributed by atoms with E-state index in [0.29, 0.717) is 34.9 Å². The number of aromatic nitrogens is 12. The van der Waals surface area contributed by atoms with Crippen molar-refractivity contribution in [2.45, 2.75) is 0 Å². The molecule has 0 aliphatic heterocycles. The van der Waals surface area contributed by atoms with Gasteiger partial charge in [-0.1, -0.05) is 285 Å². The first-order valence-electron chi connectivity index (χ1n) is 41.6. The highest BCUT2D eigenvalue weighted by Crippen LogP contribution is 2.43. The molecule has 0 saturated carbocycles. The lowest BCUT2D eigenvalue weighted by atomic mass is 10.0. The Morgan fingerprint density at radius 3 is 0.694 bits per heavy atom. The quantitative estimate of drug-likeness (QED) is 0.105. The van der Waals surface area contributed by atoms with Crippen LogP contribution in [0.25, 0.3) is 223 Å². The molecule has 24 aromatic rings. The lowest BCUT2D eigenvalue weighted by Crippen LogP contribution is -2.00. The van der Waals surface area contributed by atoms with Crippen LogP contribution >= 0.6 is 0 Å². The Balaban J connectivity index is 0.000000143. The fraction of sp³-hybridized carbons (Fsp3) is 0. The van der Waals surface area contributed by atoms with Gasteiger partial charge in [-0.25, -0.2) is 29.9 Å². The van der Waals surface area contributed by atoms with Crippen molar-refractivity contribution in [1.82, 2.24) is 58.1 Å². The predicted molar refractivity (Wildman–Crippen MR) is 507 cm³/mol. The summed E-state index contributed by atoms with van der Waals surface area (Å²) in [7, 11) is 0. The van der Waals surface area contributed by atoms with Gasteiger partial charge < -0.3 is 18.3 Å². The van der Waals surface area contributed by atoms with Crippen LogP contribution in [-0.4, -0.2) is 58.1 Å². The maximum atomic E-state index is 4.96. The molecule has 0 bridgehead atoms. The number of pyridine rings is 2. The van der Waals surface area contributed by atoms with Crippen LogP contribution < -0.4 is 0 Å². The van der Waals surface area contributed by atoms with E-state index >= 15 is 0 Å². The van der Waals surface area contributed by atoms with E-state index in [1.807, 2.05) is 146 Å². The van der Waals surface area contributed by atoms with Crippen LogP contribution in [0.3, 0.4) is 0 Å². The van der Waals surface area contributed by atoms with Crippen molar-refractivity contribution in [3.05, 3.63) is 437 Å². The Morgan fingerprint density at radius 1 is 0.129 bits per heavy atom. The van der Waals surface area contributed by atoms with Gasteiger partial charge in [0.15, 0.2) is 34.9 Å². The number of hydrogen-bond donors (Lipinski definition) is 0. The Hall–Kier alpha value is -17.0. The summed E-state index contributed by atoms with van der Waals surface area (Å²) < 4.78 is 9.46. The topological polar surface area (TPSA) is 123 Å². The minimum absolute atomic E-state index is 0.576. The zero-order valence-corrected chi connectivity index (χ0v) is 66.9. The minimum Gasteiger partial charge on any atom is -0.309 e. The fourth-order valence-corrected chi connectivity index (χ4v) is 17.8. The van der Waals surface area contributed by atoms with Crippen molar-refractivity contribution >= 4 is 87.2 Å². The molecule has 0 N–H and O–H groups in total. The van der Waals surface area contributed by atoms with Crippen molar-refractivity contribution in [2.24, 2.45) is 0 Å². The second-order valence-corrected chi connectivity index (χ2v) is 31.1. The molecule has 580 valence electrons. The van der Waals surface area contributed by atoms with Crippen LogP contribution in [0.1, 0.15) is 0 Å². The van der Waals surface area contributed by atoms with Crippen molar-refractivity contribution in [1.29, 1.82) is 0 Å². The molecule has 124 heavy (non-hydrogen) atoms. The van der Waals surface area contributed by atoms with E-state index in [4.69, 9.17) is 39.9 Å². The van der Waals surface area contributed by atoms with Gasteiger partial charge in [0.05, 0.1) is 44.1 Å². The molecule has 8 aromatic heterocycles. The highest BCUT2D eigenvalue weighted by Gasteiger charge is 2.22. The zero-order valence-electron chi connectivity index (χ0n) is 66.9. The first-order chi connectivity index (χ1) is 61.5. The summed E-state index contributed by atoms with van der Waals surface area (Å²) in [5.41, 5.74) is 28.1. The summed E-state index contributed by atoms with van der Waals surface area (Å²) in [6.45, 7) is 0. The number of hydrogen-bond acceptors (Lipinski definition) is 8. The minimum atomic E-state index is 0.576. The molecular formula is C112H72N12. The van der Waals surface area contributed by atoms with Crippen LogP contribution in [0.2, 0.25) is 0 Å². The van der Waals surface area contributed by atoms with Gasteiger partial charge in [-0.05, 0) is 161 Å². The van der Waals surface area contributed by atoms with Crippen molar-refractivity contribution in [3.63, 3.8) is 0 Å². The van der Waals surface area contributed by atoms with Gasteiger partial charge >= 0.3 is 0 Å². The van der Waals surface area contributed by atoms with Crippen LogP contribution in [0.15, 0.2) is 437 Å². The van der Waals surface area contributed by atoms with E-state index in [1.165, 1.54) is 87.4 Å². The maximum absolute atomic E-state index is 4.96. The third kappa shape index (κ3) is 13.1. The summed E-state index contributed by atoms with van der Waals surface area (Å²) in [5.74, 6) is 3.63. The van der Waals surface area contributed by atoms with Gasteiger partial charge in [-0.2, -0.15) is 0 Å². The molecule has 0 aliphatic carbocycles. The van der Waals surface area contributed by atoms with E-state index < -0.39 is 0 Å². The Bertz CT molecular complexity index is 8070. The maximum Gasteiger partial charge on any atom is 0.165 e. The van der Waals surface area contributed by atoms with Crippen molar-refractivity contribution < 1.29 is 0 Å². The molecular weight excluding hydrogens is 1510 g/mol. The molecule has 12 nitrogen and oxygen atoms in total. The SMILES string of the molecule is c1ccc(-c2nc(-c3ccccc3)nc(-c3cncc(-c4ccc5c(c4)c4ccccc4n5-c4ccc(-c5ccc6c(c5)c5ccccc5n6-c5ccccc5)cc4)c3)n2)cc1.c1ccc(-c2nc(-c3ccccc3)nc(-c3cncc(-c4ccc5c(c4)c4ccccc4n5-c4ccc(-c5ccc6c7ccccc7n(-c7ccccc7)c6c5)cc4)c3)n2)cc1. The standard InChI is InChI=1S/2C56H36N6/c1-4-14-38(15-5-1)54-58-55(39-16-6-2-7-17-39)60-56(59-54)43-32-42(35-57-36-43)40-27-31-52-49(33-40)47-21-11-13-23-51(47)61(52)45-28-24-37(25-29-45)41-26-30-48-46-20-10-12-22-50(46)62(53(48)34-41)44-18-8-3-9-19-44;1-4-14-38(15-5-1)54-58-55(39-16-6-2-7-17-39)60-56(59-54)43-32-42(35-57-36-43)41-27-31-53-49(34-41)47-21-11-13-23-51(47)62(53)45-28-24-37(25-29-45)40-26-30-52-48(33-40)46-20-10-12-22-50(46)61(52)44-18-8-3-9-19-44/h2*1-36H. The average Bonchev–Trinajstić information content (AvgIpc) is 1.60. The van der Waals surface area contributed by atoms with Gasteiger partial charge in [-0.15, -0.1) is 0 Å². The Kier molecular flexibility index (Phi) is 17.9. The summed E-state index contributed by atoms with van der Waals surface area (Å²) in [6, 6.07) is 145. The highest BCUT2D eigenvalue weighted by atomic mass is 15.1. The van der Waals surface area contributed by atoms with Crippen LogP contribution in [-0.2, 0) is 0 Å². The second kappa shape index (κ2) is 30.8. The number of benzene rings is 16. The number of fused-ring (bicyclic) bond motifs is 12. The van der Waals surface area contributed by atoms with E-state index in [9.17, 15) is 0 Å². The van der Waals surface area contributed by atoms with Gasteiger partial charge in [-0.3, -0.25) is 9.97 Å². The van der Waals surface area contributed by atoms with Crippen molar-refractivity contribution in [2.75, 3.05) is 0 Å². The molecule has 0 unspecified atom stereocenters. The molecule has 24 rings (SSSR count). The molecule has 0 saturated heterocycles. The molecule has 8 heterocycles. The number of para-hydroxylation sites is 6. The van der Waals surface area contributed by atoms with Crippen molar-refractivity contribution in [3.8, 4) is 136 Å². The average molecular weight is 1590 g/mol. The first-order valence-corrected chi connectivity index (χ1v) is 41.6. The van der Waals surface area contributed by atoms with Gasteiger partial charge in [0.1, 0.15) is 0 Å². The number of nitrogens with zero attached hydrogens (tertiary/aromatic N) is 12. The lowest BCUT2D eigenvalue weighted by molar-refractivity contribution is 1.07. The van der Waals surface area contributed by atoms with Gasteiger partial charge in [0.25, 0.3) is 0 Å². The zero-order chi connectivity index (χ0) is 82.0. The van der Waals surface area contributed by atoms with E-state index in [2.05, 4.69) is 309 Å². The first kappa shape index (κ1) is 72.3. The number of rotatable bonds is 14. The molecule has 16 aromatic carbocycles. The van der Waals surface area contributed by atoms with E-state index in [0.717, 1.165) is 100 Å². The third-order valence-electron chi connectivity index (χ3n) is 23.7. The normalized spacial score (nSPS) is 11.5. The smallest absolute Gasteiger partial charge is 0.165 e. The Labute approximate surface area is 713 Å². The summed E-state index contributed by atoms with van der Waals surface area (Å²) in [6.07, 6.45) is 7.49. The lowest BCUT2D eigenvalue weighted by Gasteiger charge is -2.11. The fourth-order valence-electron chi connectivity index (χ4n) is 17.8. The second-order valence-electron chi connectivity index (χ2n) is 31.1. The van der Waals surface area contributed by atoms with Gasteiger partial charge in [0, 0.05) is 135 Å². The van der Waals surface area contributed by atoms with E-state index in [-0.39, 0.29) is 0 Å². The highest BCUT2D eigenvalue weighted by molar-refractivity contribution is 6.14. The van der Waals surface area contributed by atoms with Crippen LogP contribution in [0.4, 0.5) is 0 Å². The van der Waals surface area contributed by atoms with Crippen LogP contribution in [0.5, 0.6) is 0 Å². The van der Waals surface area contributed by atoms with E-state index in [1.54, 1.807) is 0 Å². The monoisotopic (exact) mass is 1580 g/mol. The summed E-state index contributed by atoms with van der Waals surface area (Å²) >= 11 is 0. The summed E-state index contributed by atoms with van der Waals surface area (Å²) in [5, 5.41) is 9.71. The molecule has 0 atom stereocenters. The molecule has 0 amide bonds. The summed E-state index contributed by atoms with van der Waals surface area (Å²) in [4.78, 5) is 39.0. The molecule has 0 aliphatic rings. The molecule has 0 radical (unpaired) electrons.